The van der Waals surface area contributed by atoms with Gasteiger partial charge in [0.1, 0.15) is 5.25 Å². The highest BCUT2D eigenvalue weighted by molar-refractivity contribution is 8.00. The quantitative estimate of drug-likeness (QED) is 0.569. The lowest BCUT2D eigenvalue weighted by molar-refractivity contribution is -0.139. The van der Waals surface area contributed by atoms with E-state index in [1.807, 2.05) is 18.2 Å². The smallest absolute Gasteiger partial charge is 0.318 e. The molecule has 29 heavy (non-hydrogen) atoms. The fraction of sp³-hybridized carbons (Fsp3) is 0.364. The van der Waals surface area contributed by atoms with Gasteiger partial charge < -0.3 is 19.5 Å². The van der Waals surface area contributed by atoms with Gasteiger partial charge in [0, 0.05) is 29.5 Å². The summed E-state index contributed by atoms with van der Waals surface area (Å²) < 4.78 is 16.9. The van der Waals surface area contributed by atoms with Gasteiger partial charge in [0.15, 0.2) is 11.5 Å². The van der Waals surface area contributed by atoms with Crippen LogP contribution in [0.25, 0.3) is 0 Å². The minimum atomic E-state index is -0.530. The zero-order valence-corrected chi connectivity index (χ0v) is 17.2. The molecule has 1 fully saturated rings. The van der Waals surface area contributed by atoms with E-state index in [1.165, 1.54) is 18.9 Å². The average molecular weight is 413 g/mol. The molecule has 1 aliphatic carbocycles. The normalized spacial score (nSPS) is 17.2. The van der Waals surface area contributed by atoms with Crippen LogP contribution < -0.4 is 14.8 Å². The summed E-state index contributed by atoms with van der Waals surface area (Å²) in [7, 11) is 1.35. The molecule has 1 heterocycles. The monoisotopic (exact) mass is 413 g/mol. The average Bonchev–Trinajstić information content (AvgIpc) is 3.33. The van der Waals surface area contributed by atoms with Crippen LogP contribution in [0.3, 0.4) is 0 Å². The molecule has 0 aromatic heterocycles. The van der Waals surface area contributed by atoms with E-state index in [4.69, 9.17) is 14.2 Å². The van der Waals surface area contributed by atoms with E-state index in [2.05, 4.69) is 5.32 Å². The molecular formula is C22H23NO5S. The van der Waals surface area contributed by atoms with Gasteiger partial charge in [-0.1, -0.05) is 12.1 Å². The molecule has 1 amide bonds. The fourth-order valence-electron chi connectivity index (χ4n) is 3.65. The molecule has 0 radical (unpaired) electrons. The Morgan fingerprint density at radius 3 is 2.59 bits per heavy atom. The summed E-state index contributed by atoms with van der Waals surface area (Å²) in [6.07, 6.45) is 3.95. The topological polar surface area (TPSA) is 73.9 Å². The molecule has 152 valence electrons. The van der Waals surface area contributed by atoms with Gasteiger partial charge in [-0.25, -0.2) is 0 Å². The molecule has 1 atom stereocenters. The summed E-state index contributed by atoms with van der Waals surface area (Å²) in [5, 5.41) is 2.51. The van der Waals surface area contributed by atoms with Gasteiger partial charge in [0.25, 0.3) is 11.7 Å². The summed E-state index contributed by atoms with van der Waals surface area (Å²) in [5.74, 6) is 0.263. The lowest BCUT2D eigenvalue weighted by atomic mass is 10.2. The summed E-state index contributed by atoms with van der Waals surface area (Å²) in [6, 6.07) is 12.6. The first-order valence-electron chi connectivity index (χ1n) is 9.67. The van der Waals surface area contributed by atoms with E-state index in [1.54, 1.807) is 31.2 Å². The molecular weight excluding hydrogens is 390 g/mol. The number of carbonyl (C=O) groups is 2. The Morgan fingerprint density at radius 1 is 1.10 bits per heavy atom. The van der Waals surface area contributed by atoms with Crippen LogP contribution in [-0.4, -0.2) is 30.0 Å². The second kappa shape index (κ2) is 7.99. The van der Waals surface area contributed by atoms with Crippen molar-refractivity contribution in [3.8, 4) is 11.5 Å². The third kappa shape index (κ3) is 4.05. The van der Waals surface area contributed by atoms with Crippen LogP contribution >= 0.6 is 11.8 Å². The lowest BCUT2D eigenvalue weighted by Crippen LogP contribution is -2.34. The third-order valence-electron chi connectivity index (χ3n) is 5.13. The maximum absolute atomic E-state index is 12.9. The summed E-state index contributed by atoms with van der Waals surface area (Å²) >= 11 is 1.29. The van der Waals surface area contributed by atoms with E-state index in [0.717, 1.165) is 25.7 Å². The summed E-state index contributed by atoms with van der Waals surface area (Å²) in [6.45, 7) is 1.75. The Balaban J connectivity index is 1.49. The van der Waals surface area contributed by atoms with Crippen molar-refractivity contribution in [2.45, 2.75) is 48.5 Å². The van der Waals surface area contributed by atoms with Crippen LogP contribution in [0.4, 0.5) is 5.69 Å². The summed E-state index contributed by atoms with van der Waals surface area (Å²) in [5.41, 5.74) is 1.13. The number of hydrogen-bond acceptors (Lipinski definition) is 6. The lowest BCUT2D eigenvalue weighted by Gasteiger charge is -2.21. The van der Waals surface area contributed by atoms with E-state index in [-0.39, 0.29) is 11.9 Å². The number of benzene rings is 2. The number of nitrogens with one attached hydrogen (secondary N) is 1. The van der Waals surface area contributed by atoms with Crippen LogP contribution in [0, 0.1) is 0 Å². The van der Waals surface area contributed by atoms with Crippen molar-refractivity contribution in [3.05, 3.63) is 48.0 Å². The second-order valence-electron chi connectivity index (χ2n) is 7.22. The van der Waals surface area contributed by atoms with Crippen molar-refractivity contribution in [1.29, 1.82) is 0 Å². The summed E-state index contributed by atoms with van der Waals surface area (Å²) in [4.78, 5) is 25.3. The number of esters is 1. The molecule has 4 rings (SSSR count). The number of anilines is 1. The maximum Gasteiger partial charge on any atom is 0.318 e. The van der Waals surface area contributed by atoms with Gasteiger partial charge in [-0.2, -0.15) is 0 Å². The van der Waals surface area contributed by atoms with Crippen molar-refractivity contribution in [1.82, 2.24) is 0 Å². The molecule has 6 nitrogen and oxygen atoms in total. The molecule has 1 saturated carbocycles. The van der Waals surface area contributed by atoms with Gasteiger partial charge >= 0.3 is 5.97 Å². The van der Waals surface area contributed by atoms with Gasteiger partial charge in [0.2, 0.25) is 0 Å². The number of carbonyl (C=O) groups excluding carboxylic acids is 2. The molecule has 1 spiro atoms. The highest BCUT2D eigenvalue weighted by Gasteiger charge is 2.44. The Bertz CT molecular complexity index is 939. The molecule has 0 bridgehead atoms. The fourth-order valence-corrected chi connectivity index (χ4v) is 4.67. The molecule has 2 aliphatic rings. The van der Waals surface area contributed by atoms with E-state index < -0.39 is 11.0 Å². The molecule has 1 N–H and O–H groups in total. The second-order valence-corrected chi connectivity index (χ2v) is 8.60. The number of thioether (sulfide) groups is 1. The first kappa shape index (κ1) is 19.6. The van der Waals surface area contributed by atoms with Gasteiger partial charge in [-0.15, -0.1) is 11.8 Å². The van der Waals surface area contributed by atoms with E-state index in [0.29, 0.717) is 27.6 Å². The number of fused-ring (bicyclic) bond motifs is 1. The van der Waals surface area contributed by atoms with Crippen LogP contribution in [0.5, 0.6) is 11.5 Å². The minimum absolute atomic E-state index is 0.250. The van der Waals surface area contributed by atoms with Crippen molar-refractivity contribution < 1.29 is 23.8 Å². The Hall–Kier alpha value is -2.67. The van der Waals surface area contributed by atoms with Crippen LogP contribution in [0.1, 0.15) is 43.0 Å². The Labute approximate surface area is 173 Å². The predicted molar refractivity (Wildman–Crippen MR) is 111 cm³/mol. The van der Waals surface area contributed by atoms with Crippen LogP contribution in [0.15, 0.2) is 47.4 Å². The molecule has 2 aromatic carbocycles. The third-order valence-corrected chi connectivity index (χ3v) is 6.28. The zero-order valence-electron chi connectivity index (χ0n) is 16.4. The van der Waals surface area contributed by atoms with Crippen LogP contribution in [0.2, 0.25) is 0 Å². The van der Waals surface area contributed by atoms with E-state index >= 15 is 0 Å². The van der Waals surface area contributed by atoms with Gasteiger partial charge in [-0.3, -0.25) is 9.59 Å². The molecule has 1 aliphatic heterocycles. The van der Waals surface area contributed by atoms with Gasteiger partial charge in [0.05, 0.1) is 12.7 Å². The SMILES string of the molecule is COC(=O)C(C)Sc1ccccc1C(=O)Nc1ccc2c(c1)OC1(CCCC1)O2. The van der Waals surface area contributed by atoms with Crippen molar-refractivity contribution in [2.75, 3.05) is 12.4 Å². The predicted octanol–water partition coefficient (Wildman–Crippen LogP) is 4.63. The minimum Gasteiger partial charge on any atom is -0.468 e. The standard InChI is InChI=1S/C22H23NO5S/c1-14(21(25)26-2)29-19-8-4-3-7-16(19)20(24)23-15-9-10-17-18(13-15)28-22(27-17)11-5-6-12-22/h3-4,7-10,13-14H,5-6,11-12H2,1-2H3,(H,23,24). The number of rotatable bonds is 5. The maximum atomic E-state index is 12.9. The highest BCUT2D eigenvalue weighted by atomic mass is 32.2. The van der Waals surface area contributed by atoms with Crippen LogP contribution in [-0.2, 0) is 9.53 Å². The number of ether oxygens (including phenoxy) is 3. The largest absolute Gasteiger partial charge is 0.468 e. The van der Waals surface area contributed by atoms with Crippen molar-refractivity contribution >= 4 is 29.3 Å². The number of hydrogen-bond donors (Lipinski definition) is 1. The first-order valence-corrected chi connectivity index (χ1v) is 10.5. The van der Waals surface area contributed by atoms with Crippen molar-refractivity contribution in [2.24, 2.45) is 0 Å². The number of amides is 1. The Kier molecular flexibility index (Phi) is 5.41. The Morgan fingerprint density at radius 2 is 1.83 bits per heavy atom. The zero-order chi connectivity index (χ0) is 20.4. The van der Waals surface area contributed by atoms with Crippen molar-refractivity contribution in [3.63, 3.8) is 0 Å². The molecule has 7 heteroatoms. The highest BCUT2D eigenvalue weighted by Crippen LogP contribution is 2.47. The molecule has 1 unspecified atom stereocenters. The molecule has 2 aromatic rings. The van der Waals surface area contributed by atoms with Gasteiger partial charge in [-0.05, 0) is 44.0 Å². The van der Waals surface area contributed by atoms with E-state index in [9.17, 15) is 9.59 Å². The number of methoxy groups -OCH3 is 1. The first-order chi connectivity index (χ1) is 14.0. The molecule has 0 saturated heterocycles.